The molecule has 10 heteroatoms. The van der Waals surface area contributed by atoms with E-state index in [4.69, 9.17) is 4.84 Å². The molecule has 0 aliphatic carbocycles. The van der Waals surface area contributed by atoms with Gasteiger partial charge in [0, 0.05) is 24.9 Å². The Bertz CT molecular complexity index is 656. The number of imide groups is 1. The smallest absolute Gasteiger partial charge is 0.343 e. The number of carbonyl (C=O) groups is 5. The Kier molecular flexibility index (Phi) is 7.72. The second-order valence-electron chi connectivity index (χ2n) is 7.81. The first-order valence-corrected chi connectivity index (χ1v) is 10.0. The van der Waals surface area contributed by atoms with E-state index in [1.54, 1.807) is 0 Å². The summed E-state index contributed by atoms with van der Waals surface area (Å²) in [6.45, 7) is 7.26. The normalized spacial score (nSPS) is 24.8. The minimum atomic E-state index is -1.09. The fourth-order valence-electron chi connectivity index (χ4n) is 3.53. The summed E-state index contributed by atoms with van der Waals surface area (Å²) < 4.78 is 0. The average Bonchev–Trinajstić information content (AvgIpc) is 2.96. The van der Waals surface area contributed by atoms with Crippen LogP contribution >= 0.6 is 0 Å². The van der Waals surface area contributed by atoms with Crippen LogP contribution in [0.5, 0.6) is 0 Å². The van der Waals surface area contributed by atoms with Crippen molar-refractivity contribution in [3.63, 3.8) is 0 Å². The summed E-state index contributed by atoms with van der Waals surface area (Å²) in [5.74, 6) is -2.96. The SMILES string of the molecule is CC([15NH]C(=O)C[15N]1C(C)CCCC1C)C(=O)[15NH]C(C)C(=O)ON1C(=O)CCC1=O. The predicted molar refractivity (Wildman–Crippen MR) is 102 cm³/mol. The van der Waals surface area contributed by atoms with E-state index in [1.807, 2.05) is 0 Å². The molecule has 4 amide bonds. The van der Waals surface area contributed by atoms with E-state index in [0.29, 0.717) is 17.1 Å². The van der Waals surface area contributed by atoms with Crippen LogP contribution < -0.4 is 10.6 Å². The molecule has 4 unspecified atom stereocenters. The van der Waals surface area contributed by atoms with Crippen molar-refractivity contribution in [1.29, 1.82) is 0 Å². The fraction of sp³-hybridized carbons (Fsp3) is 0.737. The second kappa shape index (κ2) is 9.82. The van der Waals surface area contributed by atoms with Crippen molar-refractivity contribution in [2.75, 3.05) is 6.54 Å². The molecule has 0 aromatic rings. The Morgan fingerprint density at radius 1 is 1.00 bits per heavy atom. The number of hydrogen-bond donors (Lipinski definition) is 2. The third-order valence-electron chi connectivity index (χ3n) is 5.37. The first-order chi connectivity index (χ1) is 13.6. The molecule has 0 radical (unpaired) electrons. The van der Waals surface area contributed by atoms with Crippen LogP contribution in [-0.2, 0) is 28.8 Å². The van der Waals surface area contributed by atoms with Crippen molar-refractivity contribution < 1.29 is 28.8 Å². The van der Waals surface area contributed by atoms with Crippen molar-refractivity contribution in [3.8, 4) is 0 Å². The summed E-state index contributed by atoms with van der Waals surface area (Å²) in [6.07, 6.45) is 3.20. The second-order valence-corrected chi connectivity index (χ2v) is 7.81. The summed E-state index contributed by atoms with van der Waals surface area (Å²) in [4.78, 5) is 66.5. The van der Waals surface area contributed by atoms with Gasteiger partial charge in [0.25, 0.3) is 11.8 Å². The summed E-state index contributed by atoms with van der Waals surface area (Å²) in [5, 5.41) is 5.48. The lowest BCUT2D eigenvalue weighted by Crippen LogP contribution is -2.54. The molecule has 0 aromatic heterocycles. The molecule has 2 heterocycles. The van der Waals surface area contributed by atoms with Crippen molar-refractivity contribution in [3.05, 3.63) is 0 Å². The van der Waals surface area contributed by atoms with Crippen LogP contribution in [0, 0.1) is 0 Å². The Hall–Kier alpha value is -2.49. The monoisotopic (exact) mass is 413 g/mol. The highest BCUT2D eigenvalue weighted by Gasteiger charge is 2.34. The molecule has 2 aliphatic heterocycles. The predicted octanol–water partition coefficient (Wildman–Crippen LogP) is -0.134. The molecule has 2 aliphatic rings. The van der Waals surface area contributed by atoms with E-state index in [9.17, 15) is 24.0 Å². The molecular formula is C19H30N4O6. The van der Waals surface area contributed by atoms with Crippen LogP contribution in [0.4, 0.5) is 0 Å². The van der Waals surface area contributed by atoms with Gasteiger partial charge in [-0.15, -0.1) is 5.06 Å². The van der Waals surface area contributed by atoms with Gasteiger partial charge in [0.2, 0.25) is 11.8 Å². The van der Waals surface area contributed by atoms with Gasteiger partial charge in [-0.2, -0.15) is 0 Å². The molecule has 2 N–H and O–H groups in total. The van der Waals surface area contributed by atoms with Gasteiger partial charge < -0.3 is 15.5 Å². The summed E-state index contributed by atoms with van der Waals surface area (Å²) in [6, 6.07) is -1.34. The maximum absolute atomic E-state index is 12.3. The summed E-state index contributed by atoms with van der Waals surface area (Å²) in [5.41, 5.74) is 0. The lowest BCUT2D eigenvalue weighted by molar-refractivity contribution is -0.198. The van der Waals surface area contributed by atoms with Gasteiger partial charge >= 0.3 is 5.97 Å². The number of rotatable bonds is 7. The Morgan fingerprint density at radius 3 is 2.10 bits per heavy atom. The molecule has 2 rings (SSSR count). The first-order valence-electron chi connectivity index (χ1n) is 10.0. The minimum absolute atomic E-state index is 0.00975. The van der Waals surface area contributed by atoms with Crippen LogP contribution in [0.3, 0.4) is 0 Å². The van der Waals surface area contributed by atoms with Crippen LogP contribution in [0.25, 0.3) is 0 Å². The lowest BCUT2D eigenvalue weighted by Gasteiger charge is -2.38. The molecule has 162 valence electrons. The van der Waals surface area contributed by atoms with Gasteiger partial charge in [-0.1, -0.05) is 6.42 Å². The number of piperidine rings is 1. The van der Waals surface area contributed by atoms with Crippen LogP contribution in [-0.4, -0.2) is 70.3 Å². The summed E-state index contributed by atoms with van der Waals surface area (Å²) >= 11 is 0. The Balaban J connectivity index is 1.80. The number of nitrogens with one attached hydrogen (secondary N) is 2. The van der Waals surface area contributed by atoms with Gasteiger partial charge in [0.1, 0.15) is 12.1 Å². The quantitative estimate of drug-likeness (QED) is 0.440. The minimum Gasteiger partial charge on any atom is -0.343 e. The third-order valence-corrected chi connectivity index (χ3v) is 5.37. The van der Waals surface area contributed by atoms with E-state index in [1.165, 1.54) is 13.8 Å². The van der Waals surface area contributed by atoms with Crippen molar-refractivity contribution in [2.45, 2.75) is 84.0 Å². The van der Waals surface area contributed by atoms with Crippen LogP contribution in [0.2, 0.25) is 0 Å². The molecule has 2 fully saturated rings. The maximum atomic E-state index is 12.3. The van der Waals surface area contributed by atoms with Crippen molar-refractivity contribution in [1.82, 2.24) is 20.6 Å². The Morgan fingerprint density at radius 2 is 1.55 bits per heavy atom. The summed E-state index contributed by atoms with van der Waals surface area (Å²) in [7, 11) is 0. The van der Waals surface area contributed by atoms with Gasteiger partial charge in [-0.05, 0) is 40.5 Å². The zero-order chi connectivity index (χ0) is 21.7. The van der Waals surface area contributed by atoms with E-state index < -0.39 is 35.8 Å². The molecule has 0 spiro atoms. The highest BCUT2D eigenvalue weighted by atomic mass is 16.7. The first kappa shape index (κ1) is 22.8. The number of hydroxylamine groups is 2. The molecular weight excluding hydrogens is 383 g/mol. The number of amides is 4. The molecule has 0 bridgehead atoms. The lowest BCUT2D eigenvalue weighted by atomic mass is 10.0. The standard InChI is InChI=1S/C19H30N4O6/c1-11-6-5-7-12(2)22(11)10-15(24)20-13(3)18(27)21-14(4)19(28)29-23-16(25)8-9-17(23)26/h11-14H,5-10H2,1-4H3,(H,20,24)(H,21,27)/i20+1,21+1,22+1. The fourth-order valence-corrected chi connectivity index (χ4v) is 3.53. The average molecular weight is 413 g/mol. The van der Waals surface area contributed by atoms with Crippen LogP contribution in [0.1, 0.15) is 59.8 Å². The van der Waals surface area contributed by atoms with E-state index in [0.717, 1.165) is 19.3 Å². The third kappa shape index (κ3) is 5.99. The number of hydrogen-bond acceptors (Lipinski definition) is 7. The Labute approximate surface area is 170 Å². The molecule has 0 saturated carbocycles. The largest absolute Gasteiger partial charge is 0.354 e. The van der Waals surface area contributed by atoms with Gasteiger partial charge in [-0.25, -0.2) is 4.79 Å². The molecule has 4 atom stereocenters. The molecule has 10 nitrogen and oxygen atoms in total. The highest BCUT2D eigenvalue weighted by Crippen LogP contribution is 2.21. The topological polar surface area (TPSA) is 125 Å². The van der Waals surface area contributed by atoms with E-state index in [-0.39, 0.29) is 25.3 Å². The maximum Gasteiger partial charge on any atom is 0.354 e. The van der Waals surface area contributed by atoms with Gasteiger partial charge in [-0.3, -0.25) is 24.1 Å². The van der Waals surface area contributed by atoms with E-state index >= 15 is 0 Å². The molecule has 29 heavy (non-hydrogen) atoms. The van der Waals surface area contributed by atoms with Gasteiger partial charge in [0.15, 0.2) is 0 Å². The zero-order valence-electron chi connectivity index (χ0n) is 17.4. The molecule has 2 saturated heterocycles. The van der Waals surface area contributed by atoms with Crippen LogP contribution in [0.15, 0.2) is 0 Å². The number of carbonyl (C=O) groups excluding carboxylic acids is 5. The zero-order valence-corrected chi connectivity index (χ0v) is 17.4. The number of likely N-dealkylation sites (tertiary alicyclic amines) is 1. The number of nitrogens with zero attached hydrogens (tertiary/aromatic N) is 2. The van der Waals surface area contributed by atoms with E-state index in [2.05, 4.69) is 29.4 Å². The molecule has 0 aromatic carbocycles. The van der Waals surface area contributed by atoms with Crippen molar-refractivity contribution in [2.24, 2.45) is 0 Å². The van der Waals surface area contributed by atoms with Gasteiger partial charge in [0.05, 0.1) is 6.54 Å². The van der Waals surface area contributed by atoms with Crippen molar-refractivity contribution >= 4 is 29.6 Å². The highest BCUT2D eigenvalue weighted by molar-refractivity contribution is 6.02.